The van der Waals surface area contributed by atoms with Crippen molar-refractivity contribution in [2.75, 3.05) is 13.2 Å². The van der Waals surface area contributed by atoms with E-state index in [1.54, 1.807) is 6.20 Å². The topological polar surface area (TPSA) is 62.6 Å². The van der Waals surface area contributed by atoms with Crippen LogP contribution in [0, 0.1) is 0 Å². The third-order valence-electron chi connectivity index (χ3n) is 3.16. The number of rotatable bonds is 3. The summed E-state index contributed by atoms with van der Waals surface area (Å²) in [6, 6.07) is 7.66. The van der Waals surface area contributed by atoms with Gasteiger partial charge in [0.2, 0.25) is 0 Å². The Morgan fingerprint density at radius 2 is 2.05 bits per heavy atom. The van der Waals surface area contributed by atoms with Crippen LogP contribution in [0.15, 0.2) is 43.0 Å². The molecule has 0 N–H and O–H groups in total. The van der Waals surface area contributed by atoms with E-state index in [9.17, 15) is 4.79 Å². The summed E-state index contributed by atoms with van der Waals surface area (Å²) in [5.74, 6) is 0. The summed E-state index contributed by atoms with van der Waals surface area (Å²) in [7, 11) is -0.290. The fourth-order valence-electron chi connectivity index (χ4n) is 2.04. The highest BCUT2D eigenvalue weighted by Gasteiger charge is 2.23. The molecule has 3 rings (SSSR count). The lowest BCUT2D eigenvalue weighted by Gasteiger charge is -2.19. The van der Waals surface area contributed by atoms with Crippen LogP contribution in [0.4, 0.5) is 4.79 Å². The lowest BCUT2D eigenvalue weighted by Crippen LogP contribution is -2.40. The van der Waals surface area contributed by atoms with Crippen LogP contribution in [-0.4, -0.2) is 36.0 Å². The van der Waals surface area contributed by atoms with Crippen molar-refractivity contribution in [3.8, 4) is 0 Å². The minimum atomic E-state index is -0.449. The quantitative estimate of drug-likeness (QED) is 0.793. The number of benzene rings is 1. The fourth-order valence-corrected chi connectivity index (χ4v) is 2.04. The lowest BCUT2D eigenvalue weighted by atomic mass is 9.78. The van der Waals surface area contributed by atoms with Gasteiger partial charge in [-0.15, -0.1) is 0 Å². The second-order valence-corrected chi connectivity index (χ2v) is 4.69. The number of carbonyl (C=O) groups is 1. The molecule has 0 spiro atoms. The predicted octanol–water partition coefficient (Wildman–Crippen LogP) is 1.20. The normalized spacial score (nSPS) is 15.0. The zero-order valence-corrected chi connectivity index (χ0v) is 11.5. The molecule has 2 heterocycles. The smallest absolute Gasteiger partial charge is 0.444 e. The van der Waals surface area contributed by atoms with Crippen LogP contribution in [-0.2, 0) is 20.7 Å². The molecule has 0 atom stereocenters. The molecule has 6 nitrogen and oxygen atoms in total. The fraction of sp³-hybridized carbons (Fsp3) is 0.286. The highest BCUT2D eigenvalue weighted by atomic mass is 16.6. The molecule has 1 aromatic heterocycles. The number of hydrogen-bond acceptors (Lipinski definition) is 5. The van der Waals surface area contributed by atoms with Crippen molar-refractivity contribution < 1.29 is 18.8 Å². The molecule has 0 unspecified atom stereocenters. The summed E-state index contributed by atoms with van der Waals surface area (Å²) in [6.45, 7) is 1.65. The molecule has 0 bridgehead atoms. The first-order valence-electron chi connectivity index (χ1n) is 6.80. The van der Waals surface area contributed by atoms with E-state index in [1.165, 1.54) is 17.1 Å². The molecular formula is C14H15BN2O4. The van der Waals surface area contributed by atoms with Gasteiger partial charge < -0.3 is 14.0 Å². The second kappa shape index (κ2) is 6.56. The van der Waals surface area contributed by atoms with Gasteiger partial charge in [0, 0.05) is 25.6 Å². The van der Waals surface area contributed by atoms with Crippen molar-refractivity contribution in [1.29, 1.82) is 0 Å². The van der Waals surface area contributed by atoms with Gasteiger partial charge in [-0.3, -0.25) is 0 Å². The molecule has 0 aliphatic carbocycles. The van der Waals surface area contributed by atoms with Gasteiger partial charge in [-0.05, 0) is 17.4 Å². The number of imidazole rings is 1. The van der Waals surface area contributed by atoms with Crippen molar-refractivity contribution in [3.05, 3.63) is 48.5 Å². The monoisotopic (exact) mass is 286 g/mol. The maximum absolute atomic E-state index is 11.7. The number of ether oxygens (including phenoxy) is 1. The molecule has 0 amide bonds. The van der Waals surface area contributed by atoms with Gasteiger partial charge in [0.15, 0.2) is 0 Å². The summed E-state index contributed by atoms with van der Waals surface area (Å²) < 4.78 is 17.5. The first-order chi connectivity index (χ1) is 10.3. The Morgan fingerprint density at radius 1 is 1.29 bits per heavy atom. The van der Waals surface area contributed by atoms with E-state index in [4.69, 9.17) is 14.0 Å². The average molecular weight is 286 g/mol. The lowest BCUT2D eigenvalue weighted by molar-refractivity contribution is 0.140. The Bertz CT molecular complexity index is 580. The second-order valence-electron chi connectivity index (χ2n) is 4.69. The van der Waals surface area contributed by atoms with Crippen LogP contribution in [0.2, 0.25) is 0 Å². The van der Waals surface area contributed by atoms with E-state index in [0.29, 0.717) is 0 Å². The van der Waals surface area contributed by atoms with Gasteiger partial charge in [0.1, 0.15) is 12.9 Å². The van der Waals surface area contributed by atoms with Crippen LogP contribution >= 0.6 is 0 Å². The van der Waals surface area contributed by atoms with Gasteiger partial charge in [-0.2, -0.15) is 0 Å². The van der Waals surface area contributed by atoms with Gasteiger partial charge >= 0.3 is 13.2 Å². The van der Waals surface area contributed by atoms with Gasteiger partial charge in [-0.25, -0.2) is 14.3 Å². The van der Waals surface area contributed by atoms with Gasteiger partial charge in [-0.1, -0.05) is 24.3 Å². The molecular weight excluding hydrogens is 271 g/mol. The summed E-state index contributed by atoms with van der Waals surface area (Å²) in [4.78, 5) is 15.5. The Kier molecular flexibility index (Phi) is 4.32. The molecule has 21 heavy (non-hydrogen) atoms. The van der Waals surface area contributed by atoms with Crippen molar-refractivity contribution in [2.45, 2.75) is 13.0 Å². The highest BCUT2D eigenvalue weighted by molar-refractivity contribution is 6.61. The zero-order valence-electron chi connectivity index (χ0n) is 11.5. The van der Waals surface area contributed by atoms with Crippen molar-refractivity contribution in [2.24, 2.45) is 0 Å². The third-order valence-corrected chi connectivity index (χ3v) is 3.16. The van der Waals surface area contributed by atoms with Crippen LogP contribution in [0.1, 0.15) is 12.0 Å². The van der Waals surface area contributed by atoms with E-state index < -0.39 is 6.09 Å². The molecule has 1 aliphatic rings. The van der Waals surface area contributed by atoms with Crippen molar-refractivity contribution in [1.82, 2.24) is 9.55 Å². The van der Waals surface area contributed by atoms with E-state index in [-0.39, 0.29) is 13.7 Å². The van der Waals surface area contributed by atoms with E-state index in [2.05, 4.69) is 4.98 Å². The molecule has 1 fully saturated rings. The van der Waals surface area contributed by atoms with Crippen molar-refractivity contribution in [3.63, 3.8) is 0 Å². The molecule has 2 aromatic rings. The zero-order chi connectivity index (χ0) is 14.5. The molecule has 7 heteroatoms. The molecule has 1 aliphatic heterocycles. The molecule has 0 saturated carbocycles. The number of nitrogens with zero attached hydrogens (tertiary/aromatic N) is 2. The third kappa shape index (κ3) is 3.50. The van der Waals surface area contributed by atoms with E-state index >= 15 is 0 Å². The Labute approximate surface area is 122 Å². The van der Waals surface area contributed by atoms with Crippen LogP contribution in [0.3, 0.4) is 0 Å². The molecule has 1 saturated heterocycles. The standard InChI is InChI=1S/C14H15BN2O4/c18-14(17-7-6-16-11-17)19-10-12-2-4-13(5-3-12)15-20-8-1-9-21-15/h2-7,11H,1,8-10H2. The SMILES string of the molecule is O=C(OCc1ccc(B2OCCCO2)cc1)n1ccnc1. The Morgan fingerprint density at radius 3 is 2.71 bits per heavy atom. The summed E-state index contributed by atoms with van der Waals surface area (Å²) in [5.41, 5.74) is 1.88. The summed E-state index contributed by atoms with van der Waals surface area (Å²) in [6.07, 6.45) is 4.96. The Balaban J connectivity index is 1.55. The van der Waals surface area contributed by atoms with Crippen LogP contribution in [0.25, 0.3) is 0 Å². The van der Waals surface area contributed by atoms with E-state index in [1.807, 2.05) is 24.3 Å². The maximum atomic E-state index is 11.7. The minimum absolute atomic E-state index is 0.212. The Hall–Kier alpha value is -2.12. The van der Waals surface area contributed by atoms with E-state index in [0.717, 1.165) is 30.7 Å². The predicted molar refractivity (Wildman–Crippen MR) is 76.2 cm³/mol. The van der Waals surface area contributed by atoms with Gasteiger partial charge in [0.05, 0.1) is 0 Å². The van der Waals surface area contributed by atoms with Crippen molar-refractivity contribution >= 4 is 18.7 Å². The van der Waals surface area contributed by atoms with Gasteiger partial charge in [0.25, 0.3) is 0 Å². The number of carbonyl (C=O) groups excluding carboxylic acids is 1. The number of hydrogen-bond donors (Lipinski definition) is 0. The maximum Gasteiger partial charge on any atom is 0.493 e. The summed E-state index contributed by atoms with van der Waals surface area (Å²) >= 11 is 0. The minimum Gasteiger partial charge on any atom is -0.444 e. The average Bonchev–Trinajstić information content (AvgIpc) is 3.08. The first-order valence-corrected chi connectivity index (χ1v) is 6.80. The first kappa shape index (κ1) is 13.8. The van der Waals surface area contributed by atoms with Crippen LogP contribution < -0.4 is 5.46 Å². The molecule has 108 valence electrons. The summed E-state index contributed by atoms with van der Waals surface area (Å²) in [5, 5.41) is 0. The molecule has 1 aromatic carbocycles. The largest absolute Gasteiger partial charge is 0.493 e. The van der Waals surface area contributed by atoms with Crippen LogP contribution in [0.5, 0.6) is 0 Å². The number of aromatic nitrogens is 2. The molecule has 0 radical (unpaired) electrons. The highest BCUT2D eigenvalue weighted by Crippen LogP contribution is 2.05.